The number of aliphatic hydroxyl groups excluding tert-OH is 1. The molecule has 0 radical (unpaired) electrons. The maximum atomic E-state index is 13.1. The highest BCUT2D eigenvalue weighted by atomic mass is 32.2. The van der Waals surface area contributed by atoms with E-state index in [9.17, 15) is 41.1 Å². The third-order valence-electron chi connectivity index (χ3n) is 6.40. The Morgan fingerprint density at radius 1 is 1.00 bits per heavy atom. The van der Waals surface area contributed by atoms with E-state index < -0.39 is 81.0 Å². The van der Waals surface area contributed by atoms with Gasteiger partial charge in [0.15, 0.2) is 5.60 Å². The van der Waals surface area contributed by atoms with Gasteiger partial charge in [-0.05, 0) is 60.8 Å². The van der Waals surface area contributed by atoms with E-state index in [1.165, 1.54) is 34.6 Å². The van der Waals surface area contributed by atoms with Crippen molar-refractivity contribution in [1.29, 1.82) is 0 Å². The van der Waals surface area contributed by atoms with E-state index >= 15 is 0 Å². The number of esters is 2. The zero-order valence-corrected chi connectivity index (χ0v) is 24.3. The van der Waals surface area contributed by atoms with Gasteiger partial charge in [0.25, 0.3) is 10.1 Å². The molecule has 0 aromatic carbocycles. The number of carbonyl (C=O) groups is 3. The molecule has 15 heteroatoms. The first-order chi connectivity index (χ1) is 17.3. The molecule has 0 bridgehead atoms. The summed E-state index contributed by atoms with van der Waals surface area (Å²) in [5, 5.41) is 21.2. The lowest BCUT2D eigenvalue weighted by Gasteiger charge is -2.37. The Morgan fingerprint density at radius 3 is 1.97 bits per heavy atom. The molecule has 230 valence electrons. The maximum absolute atomic E-state index is 13.1. The van der Waals surface area contributed by atoms with Crippen molar-refractivity contribution in [1.82, 2.24) is 5.32 Å². The number of rotatable bonds is 16. The topological polar surface area (TPSA) is 177 Å². The fourth-order valence-electron chi connectivity index (χ4n) is 4.14. The molecule has 4 atom stereocenters. The molecule has 0 fully saturated rings. The second-order valence-corrected chi connectivity index (χ2v) is 12.8. The van der Waals surface area contributed by atoms with Crippen LogP contribution in [0.25, 0.3) is 0 Å². The van der Waals surface area contributed by atoms with Crippen molar-refractivity contribution in [2.45, 2.75) is 104 Å². The minimum atomic E-state index is -4.95. The van der Waals surface area contributed by atoms with Crippen molar-refractivity contribution >= 4 is 28.0 Å². The van der Waals surface area contributed by atoms with Gasteiger partial charge in [0.1, 0.15) is 12.7 Å². The van der Waals surface area contributed by atoms with Crippen molar-refractivity contribution in [2.75, 3.05) is 19.0 Å². The quantitative estimate of drug-likeness (QED) is 0.154. The molecule has 1 amide bonds. The molecule has 0 saturated carbocycles. The van der Waals surface area contributed by atoms with E-state index in [2.05, 4.69) is 5.32 Å². The molecule has 0 aromatic heterocycles. The van der Waals surface area contributed by atoms with Gasteiger partial charge in [-0.25, -0.2) is 0 Å². The number of carbonyl (C=O) groups excluding carboxylic acids is 3. The van der Waals surface area contributed by atoms with Gasteiger partial charge in [-0.15, -0.1) is 0 Å². The molecule has 4 unspecified atom stereocenters. The highest BCUT2D eigenvalue weighted by Crippen LogP contribution is 2.42. The fraction of sp³-hybridized carbons (Fsp3) is 0.875. The molecule has 0 aliphatic rings. The number of ether oxygens (including phenoxy) is 2. The van der Waals surface area contributed by atoms with Crippen molar-refractivity contribution in [3.63, 3.8) is 0 Å². The van der Waals surface area contributed by atoms with Gasteiger partial charge >= 0.3 is 18.1 Å². The third-order valence-corrected chi connectivity index (χ3v) is 7.49. The number of alkyl halides is 3. The van der Waals surface area contributed by atoms with Crippen molar-refractivity contribution in [3.8, 4) is 0 Å². The van der Waals surface area contributed by atoms with E-state index in [0.717, 1.165) is 0 Å². The Morgan fingerprint density at radius 2 is 1.54 bits per heavy atom. The Labute approximate surface area is 227 Å². The van der Waals surface area contributed by atoms with Crippen LogP contribution in [0.3, 0.4) is 0 Å². The van der Waals surface area contributed by atoms with Crippen molar-refractivity contribution < 1.29 is 60.2 Å². The van der Waals surface area contributed by atoms with Gasteiger partial charge < -0.3 is 25.0 Å². The van der Waals surface area contributed by atoms with E-state index in [1.54, 1.807) is 6.92 Å². The van der Waals surface area contributed by atoms with Crippen LogP contribution in [0, 0.1) is 10.8 Å². The van der Waals surface area contributed by atoms with Crippen LogP contribution in [0.1, 0.15) is 80.6 Å². The van der Waals surface area contributed by atoms with Gasteiger partial charge in [0.2, 0.25) is 5.91 Å². The summed E-state index contributed by atoms with van der Waals surface area (Å²) in [6.45, 7) is 8.11. The molecule has 0 spiro atoms. The van der Waals surface area contributed by atoms with Gasteiger partial charge in [-0.1, -0.05) is 6.92 Å². The largest absolute Gasteiger partial charge is 0.463 e. The molecule has 11 nitrogen and oxygen atoms in total. The number of amides is 1. The zero-order chi connectivity index (χ0) is 31.1. The molecule has 4 N–H and O–H groups in total. The second-order valence-electron chi connectivity index (χ2n) is 11.4. The molecule has 0 aliphatic heterocycles. The van der Waals surface area contributed by atoms with Gasteiger partial charge in [0.05, 0.1) is 28.7 Å². The summed E-state index contributed by atoms with van der Waals surface area (Å²) in [7, 11) is -4.40. The first-order valence-electron chi connectivity index (χ1n) is 12.4. The van der Waals surface area contributed by atoms with Crippen molar-refractivity contribution in [3.05, 3.63) is 0 Å². The summed E-state index contributed by atoms with van der Waals surface area (Å²) in [6, 6.07) is 0. The third kappa shape index (κ3) is 12.4. The van der Waals surface area contributed by atoms with Crippen molar-refractivity contribution in [2.24, 2.45) is 10.8 Å². The lowest BCUT2D eigenvalue weighted by atomic mass is 9.69. The molecular formula is C24H42F3NO10S. The van der Waals surface area contributed by atoms with Crippen LogP contribution >= 0.6 is 0 Å². The van der Waals surface area contributed by atoms with Crippen LogP contribution in [-0.4, -0.2) is 83.4 Å². The minimum Gasteiger partial charge on any atom is -0.463 e. The average molecular weight is 594 g/mol. The Kier molecular flexibility index (Phi) is 12.9. The number of hydrogen-bond donors (Lipinski definition) is 4. The highest BCUT2D eigenvalue weighted by Gasteiger charge is 2.51. The highest BCUT2D eigenvalue weighted by molar-refractivity contribution is 7.85. The van der Waals surface area contributed by atoms with E-state index in [1.807, 2.05) is 0 Å². The molecule has 39 heavy (non-hydrogen) atoms. The summed E-state index contributed by atoms with van der Waals surface area (Å²) in [5.74, 6) is -3.19. The van der Waals surface area contributed by atoms with Crippen LogP contribution in [0.4, 0.5) is 13.2 Å². The van der Waals surface area contributed by atoms with Gasteiger partial charge in [-0.3, -0.25) is 18.9 Å². The normalized spacial score (nSPS) is 18.2. The van der Waals surface area contributed by atoms with E-state index in [4.69, 9.17) is 19.1 Å². The summed E-state index contributed by atoms with van der Waals surface area (Å²) in [5.41, 5.74) is -7.38. The SMILES string of the molecule is CCC(C)(CC(C)(CCC(=O)NC(C)(C)CS(=O)(=O)O)C(=O)OCCO)C(=O)OC(C)CC(C)(O)C(F)(F)F. The number of hydrogen-bond acceptors (Lipinski definition) is 9. The molecule has 0 aliphatic carbocycles. The lowest BCUT2D eigenvalue weighted by Crippen LogP contribution is -2.49. The Hall–Kier alpha value is -1.97. The average Bonchev–Trinajstić information content (AvgIpc) is 2.72. The predicted molar refractivity (Wildman–Crippen MR) is 134 cm³/mol. The summed E-state index contributed by atoms with van der Waals surface area (Å²) in [4.78, 5) is 38.6. The molecule has 0 heterocycles. The number of halogens is 3. The maximum Gasteiger partial charge on any atom is 0.417 e. The summed E-state index contributed by atoms with van der Waals surface area (Å²) >= 11 is 0. The van der Waals surface area contributed by atoms with E-state index in [0.29, 0.717) is 6.92 Å². The van der Waals surface area contributed by atoms with E-state index in [-0.39, 0.29) is 32.3 Å². The van der Waals surface area contributed by atoms with Crippen LogP contribution in [0.2, 0.25) is 0 Å². The number of aliphatic hydroxyl groups is 2. The fourth-order valence-corrected chi connectivity index (χ4v) is 5.13. The first-order valence-corrected chi connectivity index (χ1v) is 14.0. The van der Waals surface area contributed by atoms with Crippen LogP contribution < -0.4 is 5.32 Å². The van der Waals surface area contributed by atoms with Crippen LogP contribution in [0.15, 0.2) is 0 Å². The monoisotopic (exact) mass is 593 g/mol. The first kappa shape index (κ1) is 37.0. The van der Waals surface area contributed by atoms with Crippen LogP contribution in [-0.2, 0) is 34.0 Å². The summed E-state index contributed by atoms with van der Waals surface area (Å²) in [6.07, 6.45) is -7.87. The molecule has 0 saturated heterocycles. The van der Waals surface area contributed by atoms with Gasteiger partial charge in [0, 0.05) is 12.8 Å². The second kappa shape index (κ2) is 13.6. The van der Waals surface area contributed by atoms with Gasteiger partial charge in [-0.2, -0.15) is 21.6 Å². The smallest absolute Gasteiger partial charge is 0.417 e. The molecule has 0 rings (SSSR count). The number of nitrogens with one attached hydrogen (secondary N) is 1. The standard InChI is InChI=1S/C24H42F3NO10S/c1-8-21(5,19(32)38-16(2)13-23(7,33)24(25,26)27)14-22(6,18(31)37-12-11-29)10-9-17(30)28-20(3,4)15-39(34,35)36/h16,29,33H,8-15H2,1-7H3,(H,28,30)(H,34,35,36). The minimum absolute atomic E-state index is 0.0880. The molecule has 0 aromatic rings. The Bertz CT molecular complexity index is 968. The summed E-state index contributed by atoms with van der Waals surface area (Å²) < 4.78 is 80.9. The molecular weight excluding hydrogens is 551 g/mol. The Balaban J connectivity index is 5.80. The lowest BCUT2D eigenvalue weighted by molar-refractivity contribution is -0.261. The zero-order valence-electron chi connectivity index (χ0n) is 23.5. The predicted octanol–water partition coefficient (Wildman–Crippen LogP) is 2.53. The van der Waals surface area contributed by atoms with Crippen LogP contribution in [0.5, 0.6) is 0 Å².